The molecule has 1 fully saturated rings. The Labute approximate surface area is 87.6 Å². The lowest BCUT2D eigenvalue weighted by molar-refractivity contribution is 0.194. The molecule has 0 bridgehead atoms. The second-order valence-corrected chi connectivity index (χ2v) is 4.66. The normalized spacial score (nSPS) is 24.3. The van der Waals surface area contributed by atoms with E-state index in [1.165, 1.54) is 0 Å². The maximum atomic E-state index is 5.79. The smallest absolute Gasteiger partial charge is 0.146 e. The van der Waals surface area contributed by atoms with Crippen molar-refractivity contribution in [3.05, 3.63) is 42.5 Å². The van der Waals surface area contributed by atoms with Crippen LogP contribution in [0.25, 0.3) is 0 Å². The predicted octanol–water partition coefficient (Wildman–Crippen LogP) is 3.16. The highest BCUT2D eigenvalue weighted by Crippen LogP contribution is 2.49. The third-order valence-corrected chi connectivity index (χ3v) is 2.73. The van der Waals surface area contributed by atoms with Crippen LogP contribution in [0.4, 0.5) is 0 Å². The standard InChI is InChI=1S/C10H9Cl2O/c11-10(12)6-9(10)13-7-8-4-2-1-3-5-8/h1-5,7,9H,6H2. The van der Waals surface area contributed by atoms with Crippen LogP contribution in [0.2, 0.25) is 0 Å². The Morgan fingerprint density at radius 1 is 1.31 bits per heavy atom. The minimum absolute atomic E-state index is 0.0453. The van der Waals surface area contributed by atoms with Crippen LogP contribution in [0.15, 0.2) is 30.3 Å². The fraction of sp³-hybridized carbons (Fsp3) is 0.300. The summed E-state index contributed by atoms with van der Waals surface area (Å²) in [5.41, 5.74) is 1.03. The first kappa shape index (κ1) is 9.32. The van der Waals surface area contributed by atoms with Gasteiger partial charge in [-0.1, -0.05) is 53.5 Å². The minimum Gasteiger partial charge on any atom is -0.364 e. The molecule has 1 nitrogen and oxygen atoms in total. The zero-order valence-electron chi connectivity index (χ0n) is 6.91. The lowest BCUT2D eigenvalue weighted by Crippen LogP contribution is -2.00. The van der Waals surface area contributed by atoms with Crippen molar-refractivity contribution < 1.29 is 4.74 Å². The first-order valence-corrected chi connectivity index (χ1v) is 4.86. The molecular formula is C10H9Cl2O. The highest BCUT2D eigenvalue weighted by Gasteiger charge is 2.53. The Bertz CT molecular complexity index is 284. The van der Waals surface area contributed by atoms with E-state index in [0.29, 0.717) is 6.42 Å². The van der Waals surface area contributed by atoms with Crippen LogP contribution in [0.5, 0.6) is 0 Å². The zero-order valence-corrected chi connectivity index (χ0v) is 8.42. The molecule has 0 spiro atoms. The van der Waals surface area contributed by atoms with E-state index in [2.05, 4.69) is 0 Å². The summed E-state index contributed by atoms with van der Waals surface area (Å²) in [6.45, 7) is 1.69. The van der Waals surface area contributed by atoms with E-state index in [0.717, 1.165) is 5.56 Å². The lowest BCUT2D eigenvalue weighted by Gasteiger charge is -2.02. The first-order chi connectivity index (χ1) is 6.18. The average molecular weight is 216 g/mol. The van der Waals surface area contributed by atoms with E-state index < -0.39 is 4.33 Å². The summed E-state index contributed by atoms with van der Waals surface area (Å²) in [5.74, 6) is 0. The minimum atomic E-state index is -0.661. The molecule has 0 aliphatic heterocycles. The molecule has 1 aromatic carbocycles. The molecule has 0 heterocycles. The van der Waals surface area contributed by atoms with Gasteiger partial charge in [0.05, 0.1) is 6.10 Å². The lowest BCUT2D eigenvalue weighted by atomic mass is 10.2. The highest BCUT2D eigenvalue weighted by molar-refractivity contribution is 6.51. The summed E-state index contributed by atoms with van der Waals surface area (Å²) in [5, 5.41) is 0. The van der Waals surface area contributed by atoms with E-state index in [9.17, 15) is 0 Å². The molecule has 69 valence electrons. The summed E-state index contributed by atoms with van der Waals surface area (Å²) in [6.07, 6.45) is 0.662. The molecule has 1 aromatic rings. The highest BCUT2D eigenvalue weighted by atomic mass is 35.5. The van der Waals surface area contributed by atoms with E-state index in [4.69, 9.17) is 27.9 Å². The van der Waals surface area contributed by atoms with Crippen LogP contribution in [0, 0.1) is 6.61 Å². The average Bonchev–Trinajstić information content (AvgIpc) is 2.73. The molecule has 1 saturated carbocycles. The summed E-state index contributed by atoms with van der Waals surface area (Å²) >= 11 is 11.6. The van der Waals surface area contributed by atoms with Crippen LogP contribution < -0.4 is 0 Å². The van der Waals surface area contributed by atoms with E-state index in [1.54, 1.807) is 6.61 Å². The molecule has 1 aliphatic carbocycles. The van der Waals surface area contributed by atoms with Crippen molar-refractivity contribution in [2.45, 2.75) is 16.9 Å². The van der Waals surface area contributed by atoms with Crippen molar-refractivity contribution in [3.8, 4) is 0 Å². The molecule has 0 aromatic heterocycles. The van der Waals surface area contributed by atoms with Crippen LogP contribution in [-0.4, -0.2) is 10.4 Å². The fourth-order valence-corrected chi connectivity index (χ4v) is 1.41. The molecule has 1 radical (unpaired) electrons. The van der Waals surface area contributed by atoms with Crippen LogP contribution >= 0.6 is 23.2 Å². The van der Waals surface area contributed by atoms with Crippen molar-refractivity contribution in [1.82, 2.24) is 0 Å². The van der Waals surface area contributed by atoms with Crippen molar-refractivity contribution in [2.24, 2.45) is 0 Å². The van der Waals surface area contributed by atoms with E-state index >= 15 is 0 Å². The maximum absolute atomic E-state index is 5.79. The third kappa shape index (κ3) is 2.37. The molecule has 0 N–H and O–H groups in total. The number of benzene rings is 1. The molecule has 1 unspecified atom stereocenters. The van der Waals surface area contributed by atoms with Gasteiger partial charge in [0.1, 0.15) is 10.9 Å². The van der Waals surface area contributed by atoms with Crippen LogP contribution in [0.3, 0.4) is 0 Å². The van der Waals surface area contributed by atoms with Crippen LogP contribution in [0.1, 0.15) is 12.0 Å². The van der Waals surface area contributed by atoms with Crippen molar-refractivity contribution in [2.75, 3.05) is 0 Å². The predicted molar refractivity (Wildman–Crippen MR) is 53.8 cm³/mol. The van der Waals surface area contributed by atoms with Crippen molar-refractivity contribution >= 4 is 23.2 Å². The van der Waals surface area contributed by atoms with Crippen molar-refractivity contribution in [1.29, 1.82) is 0 Å². The first-order valence-electron chi connectivity index (χ1n) is 4.10. The number of ether oxygens (including phenoxy) is 1. The molecule has 1 atom stereocenters. The van der Waals surface area contributed by atoms with Gasteiger partial charge in [0, 0.05) is 6.42 Å². The quantitative estimate of drug-likeness (QED) is 0.705. The number of rotatable bonds is 3. The summed E-state index contributed by atoms with van der Waals surface area (Å²) < 4.78 is 4.70. The number of alkyl halides is 2. The van der Waals surface area contributed by atoms with Gasteiger partial charge < -0.3 is 4.74 Å². The second-order valence-electron chi connectivity index (χ2n) is 3.12. The van der Waals surface area contributed by atoms with Gasteiger partial charge in [0.25, 0.3) is 0 Å². The number of hydrogen-bond acceptors (Lipinski definition) is 1. The Morgan fingerprint density at radius 3 is 2.46 bits per heavy atom. The zero-order chi connectivity index (χ0) is 9.31. The van der Waals surface area contributed by atoms with E-state index in [-0.39, 0.29) is 6.10 Å². The largest absolute Gasteiger partial charge is 0.364 e. The number of halogens is 2. The SMILES string of the molecule is ClC1(Cl)CC1O[CH]c1ccccc1. The fourth-order valence-electron chi connectivity index (χ4n) is 1.03. The molecule has 0 saturated heterocycles. The molecule has 3 heteroatoms. The molecule has 0 amide bonds. The Morgan fingerprint density at radius 2 is 1.92 bits per heavy atom. The van der Waals surface area contributed by atoms with Crippen molar-refractivity contribution in [3.63, 3.8) is 0 Å². The summed E-state index contributed by atoms with van der Waals surface area (Å²) in [6, 6.07) is 9.80. The van der Waals surface area contributed by atoms with Gasteiger partial charge in [-0.3, -0.25) is 0 Å². The van der Waals surface area contributed by atoms with E-state index in [1.807, 2.05) is 30.3 Å². The summed E-state index contributed by atoms with van der Waals surface area (Å²) in [7, 11) is 0. The molecular weight excluding hydrogens is 207 g/mol. The van der Waals surface area contributed by atoms with Gasteiger partial charge in [0.15, 0.2) is 0 Å². The van der Waals surface area contributed by atoms with Gasteiger partial charge in [-0.15, -0.1) is 0 Å². The Hall–Kier alpha value is -0.240. The summed E-state index contributed by atoms with van der Waals surface area (Å²) in [4.78, 5) is 0. The van der Waals surface area contributed by atoms with Gasteiger partial charge in [0.2, 0.25) is 0 Å². The monoisotopic (exact) mass is 215 g/mol. The van der Waals surface area contributed by atoms with Crippen LogP contribution in [-0.2, 0) is 4.74 Å². The van der Waals surface area contributed by atoms with Gasteiger partial charge in [-0.25, -0.2) is 0 Å². The number of hydrogen-bond donors (Lipinski definition) is 0. The second kappa shape index (κ2) is 3.49. The van der Waals surface area contributed by atoms with Gasteiger partial charge in [-0.2, -0.15) is 0 Å². The molecule has 1 aliphatic rings. The Kier molecular flexibility index (Phi) is 2.50. The van der Waals surface area contributed by atoms with Gasteiger partial charge >= 0.3 is 0 Å². The topological polar surface area (TPSA) is 9.23 Å². The molecule has 2 rings (SSSR count). The third-order valence-electron chi connectivity index (χ3n) is 1.94. The van der Waals surface area contributed by atoms with Gasteiger partial charge in [-0.05, 0) is 5.56 Å². The molecule has 13 heavy (non-hydrogen) atoms. The Balaban J connectivity index is 1.82. The maximum Gasteiger partial charge on any atom is 0.146 e.